The number of nitrogens with zero attached hydrogens (tertiary/aromatic N) is 4. The molecule has 1 aromatic carbocycles. The zero-order valence-corrected chi connectivity index (χ0v) is 15.0. The Bertz CT molecular complexity index is 1110. The summed E-state index contributed by atoms with van der Waals surface area (Å²) in [5.74, 6) is 0.367. The van der Waals surface area contributed by atoms with E-state index in [1.807, 2.05) is 6.92 Å². The lowest BCUT2D eigenvalue weighted by Crippen LogP contribution is -2.31. The number of nitrogens with one attached hydrogen (secondary N) is 1. The van der Waals surface area contributed by atoms with Gasteiger partial charge in [0.25, 0.3) is 11.2 Å². The van der Waals surface area contributed by atoms with Crippen molar-refractivity contribution in [2.45, 2.75) is 26.4 Å². The van der Waals surface area contributed by atoms with Gasteiger partial charge in [-0.1, -0.05) is 19.1 Å². The highest BCUT2D eigenvalue weighted by Crippen LogP contribution is 2.26. The molecule has 0 bridgehead atoms. The van der Waals surface area contributed by atoms with Crippen LogP contribution in [0.2, 0.25) is 0 Å². The van der Waals surface area contributed by atoms with Crippen LogP contribution >= 0.6 is 0 Å². The van der Waals surface area contributed by atoms with Gasteiger partial charge in [0.2, 0.25) is 0 Å². The number of rotatable bonds is 7. The SMILES string of the molecule is CCCn1c(=O)[nH]c(=O)c2c1nc(-c1cccc([N+](=O)[O-])c1)n2CCOC. The van der Waals surface area contributed by atoms with E-state index < -0.39 is 16.2 Å². The topological polar surface area (TPSA) is 125 Å². The van der Waals surface area contributed by atoms with Gasteiger partial charge < -0.3 is 9.30 Å². The highest BCUT2D eigenvalue weighted by Gasteiger charge is 2.20. The minimum atomic E-state index is -0.553. The monoisotopic (exact) mass is 373 g/mol. The summed E-state index contributed by atoms with van der Waals surface area (Å²) < 4.78 is 8.15. The highest BCUT2D eigenvalue weighted by atomic mass is 16.6. The highest BCUT2D eigenvalue weighted by molar-refractivity contribution is 5.77. The molecule has 1 N–H and O–H groups in total. The molecule has 0 radical (unpaired) electrons. The number of fused-ring (bicyclic) bond motifs is 1. The molecule has 27 heavy (non-hydrogen) atoms. The smallest absolute Gasteiger partial charge is 0.330 e. The summed E-state index contributed by atoms with van der Waals surface area (Å²) in [6.45, 7) is 2.91. The summed E-state index contributed by atoms with van der Waals surface area (Å²) in [5.41, 5.74) is -0.201. The third kappa shape index (κ3) is 3.38. The maximum absolute atomic E-state index is 12.5. The number of aromatic amines is 1. The Kier molecular flexibility index (Phi) is 5.17. The number of ether oxygens (including phenoxy) is 1. The zero-order valence-electron chi connectivity index (χ0n) is 15.0. The number of aromatic nitrogens is 4. The van der Waals surface area contributed by atoms with Gasteiger partial charge in [0.15, 0.2) is 11.2 Å². The number of nitro groups is 1. The van der Waals surface area contributed by atoms with Crippen LogP contribution in [0.25, 0.3) is 22.6 Å². The van der Waals surface area contributed by atoms with Crippen molar-refractivity contribution in [2.24, 2.45) is 0 Å². The maximum Gasteiger partial charge on any atom is 0.330 e. The number of aryl methyl sites for hydroxylation is 1. The van der Waals surface area contributed by atoms with Crippen molar-refractivity contribution in [3.63, 3.8) is 0 Å². The van der Waals surface area contributed by atoms with E-state index in [0.717, 1.165) is 0 Å². The number of imidazole rings is 1. The second kappa shape index (κ2) is 7.54. The number of H-pyrrole nitrogens is 1. The number of non-ortho nitro benzene ring substituents is 1. The number of hydrogen-bond acceptors (Lipinski definition) is 6. The molecule has 0 aliphatic heterocycles. The number of hydrogen-bond donors (Lipinski definition) is 1. The van der Waals surface area contributed by atoms with E-state index in [0.29, 0.717) is 37.5 Å². The minimum absolute atomic E-state index is 0.0855. The maximum atomic E-state index is 12.5. The Balaban J connectivity index is 2.34. The van der Waals surface area contributed by atoms with Crippen molar-refractivity contribution in [1.29, 1.82) is 0 Å². The lowest BCUT2D eigenvalue weighted by molar-refractivity contribution is -0.384. The molecule has 142 valence electrons. The lowest BCUT2D eigenvalue weighted by atomic mass is 10.2. The summed E-state index contributed by atoms with van der Waals surface area (Å²) in [6, 6.07) is 6.00. The Morgan fingerprint density at radius 2 is 2.04 bits per heavy atom. The Labute approximate surface area is 153 Å². The van der Waals surface area contributed by atoms with Gasteiger partial charge in [0.05, 0.1) is 11.5 Å². The number of benzene rings is 1. The number of methoxy groups -OCH3 is 1. The zero-order chi connectivity index (χ0) is 19.6. The van der Waals surface area contributed by atoms with Crippen LogP contribution < -0.4 is 11.2 Å². The summed E-state index contributed by atoms with van der Waals surface area (Å²) in [4.78, 5) is 42.1. The molecule has 3 rings (SSSR count). The van der Waals surface area contributed by atoms with Crippen LogP contribution in [0, 0.1) is 10.1 Å². The van der Waals surface area contributed by atoms with Crippen molar-refractivity contribution in [2.75, 3.05) is 13.7 Å². The van der Waals surface area contributed by atoms with Crippen LogP contribution in [0.1, 0.15) is 13.3 Å². The van der Waals surface area contributed by atoms with Crippen LogP contribution in [-0.2, 0) is 17.8 Å². The van der Waals surface area contributed by atoms with E-state index in [2.05, 4.69) is 9.97 Å². The van der Waals surface area contributed by atoms with Gasteiger partial charge >= 0.3 is 5.69 Å². The van der Waals surface area contributed by atoms with Gasteiger partial charge in [-0.2, -0.15) is 0 Å². The third-order valence-corrected chi connectivity index (χ3v) is 4.17. The standard InChI is InChI=1S/C17H19N5O5/c1-3-7-21-15-13(16(23)19-17(21)24)20(8-9-27-2)14(18-15)11-5-4-6-12(10-11)22(25)26/h4-6,10H,3,7-9H2,1-2H3,(H,19,23,24). The normalized spacial score (nSPS) is 11.2. The second-order valence-corrected chi connectivity index (χ2v) is 5.97. The number of nitro benzene ring substituents is 1. The molecule has 2 heterocycles. The molecule has 0 spiro atoms. The first-order valence-corrected chi connectivity index (χ1v) is 8.45. The third-order valence-electron chi connectivity index (χ3n) is 4.17. The van der Waals surface area contributed by atoms with Crippen molar-refractivity contribution in [3.05, 3.63) is 55.2 Å². The molecule has 0 saturated heterocycles. The fraction of sp³-hybridized carbons (Fsp3) is 0.353. The van der Waals surface area contributed by atoms with Crippen molar-refractivity contribution in [1.82, 2.24) is 19.1 Å². The van der Waals surface area contributed by atoms with Crippen LogP contribution in [0.4, 0.5) is 5.69 Å². The van der Waals surface area contributed by atoms with E-state index in [9.17, 15) is 19.7 Å². The molecule has 0 unspecified atom stereocenters. The van der Waals surface area contributed by atoms with Gasteiger partial charge in [-0.05, 0) is 6.42 Å². The average molecular weight is 373 g/mol. The first kappa shape index (κ1) is 18.5. The van der Waals surface area contributed by atoms with Crippen molar-refractivity contribution in [3.8, 4) is 11.4 Å². The van der Waals surface area contributed by atoms with Crippen LogP contribution in [-0.4, -0.2) is 37.7 Å². The molecule has 0 aliphatic rings. The van der Waals surface area contributed by atoms with Crippen molar-refractivity contribution < 1.29 is 9.66 Å². The first-order valence-electron chi connectivity index (χ1n) is 8.45. The fourth-order valence-corrected chi connectivity index (χ4v) is 2.98. The van der Waals surface area contributed by atoms with Crippen LogP contribution in [0.3, 0.4) is 0 Å². The molecule has 0 saturated carbocycles. The average Bonchev–Trinajstić information content (AvgIpc) is 3.03. The van der Waals surface area contributed by atoms with E-state index >= 15 is 0 Å². The quantitative estimate of drug-likeness (QED) is 0.494. The predicted molar refractivity (Wildman–Crippen MR) is 98.9 cm³/mol. The summed E-state index contributed by atoms with van der Waals surface area (Å²) in [7, 11) is 1.53. The largest absolute Gasteiger partial charge is 0.383 e. The molecule has 0 atom stereocenters. The minimum Gasteiger partial charge on any atom is -0.383 e. The van der Waals surface area contributed by atoms with Crippen LogP contribution in [0.15, 0.2) is 33.9 Å². The molecular formula is C17H19N5O5. The molecule has 10 nitrogen and oxygen atoms in total. The summed E-state index contributed by atoms with van der Waals surface area (Å²) in [6.07, 6.45) is 0.679. The molecule has 10 heteroatoms. The Hall–Kier alpha value is -3.27. The van der Waals surface area contributed by atoms with Crippen LogP contribution in [0.5, 0.6) is 0 Å². The van der Waals surface area contributed by atoms with Gasteiger partial charge in [-0.3, -0.25) is 24.5 Å². The molecule has 0 amide bonds. The molecule has 0 aliphatic carbocycles. The van der Waals surface area contributed by atoms with Gasteiger partial charge in [-0.25, -0.2) is 9.78 Å². The second-order valence-electron chi connectivity index (χ2n) is 5.97. The summed E-state index contributed by atoms with van der Waals surface area (Å²) >= 11 is 0. The summed E-state index contributed by atoms with van der Waals surface area (Å²) in [5, 5.41) is 11.1. The van der Waals surface area contributed by atoms with E-state index in [-0.39, 0.29) is 16.9 Å². The van der Waals surface area contributed by atoms with E-state index in [4.69, 9.17) is 4.74 Å². The van der Waals surface area contributed by atoms with E-state index in [1.165, 1.54) is 23.8 Å². The first-order chi connectivity index (χ1) is 13.0. The molecule has 0 fully saturated rings. The van der Waals surface area contributed by atoms with Gasteiger partial charge in [0, 0.05) is 37.9 Å². The fourth-order valence-electron chi connectivity index (χ4n) is 2.98. The van der Waals surface area contributed by atoms with Crippen molar-refractivity contribution >= 4 is 16.9 Å². The Morgan fingerprint density at radius 1 is 1.26 bits per heavy atom. The molecule has 3 aromatic rings. The Morgan fingerprint density at radius 3 is 2.70 bits per heavy atom. The lowest BCUT2D eigenvalue weighted by Gasteiger charge is -2.08. The van der Waals surface area contributed by atoms with Gasteiger partial charge in [-0.15, -0.1) is 0 Å². The molecule has 2 aromatic heterocycles. The van der Waals surface area contributed by atoms with E-state index in [1.54, 1.807) is 16.7 Å². The molecular weight excluding hydrogens is 354 g/mol. The van der Waals surface area contributed by atoms with Gasteiger partial charge in [0.1, 0.15) is 5.82 Å². The predicted octanol–water partition coefficient (Wildman–Crippen LogP) is 1.52.